The first-order valence-corrected chi connectivity index (χ1v) is 9.56. The Kier molecular flexibility index (Phi) is 4.82. The molecule has 0 aliphatic carbocycles. The SMILES string of the molecule is Cc1cc(NC2CC3CCC(C2)N3C(=O)OC(C)(C)C)ccc1Br. The van der Waals surface area contributed by atoms with E-state index >= 15 is 0 Å². The van der Waals surface area contributed by atoms with Crippen LogP contribution in [0.15, 0.2) is 22.7 Å². The summed E-state index contributed by atoms with van der Waals surface area (Å²) < 4.78 is 6.73. The van der Waals surface area contributed by atoms with E-state index in [0.29, 0.717) is 18.1 Å². The molecule has 2 unspecified atom stereocenters. The molecule has 1 N–H and O–H groups in total. The van der Waals surface area contributed by atoms with Crippen LogP contribution in [0.4, 0.5) is 10.5 Å². The molecule has 3 rings (SSSR count). The molecule has 2 aliphatic heterocycles. The molecular weight excluding hydrogens is 368 g/mol. The number of amides is 1. The summed E-state index contributed by atoms with van der Waals surface area (Å²) in [5.74, 6) is 0. The number of anilines is 1. The molecular formula is C19H27BrN2O2. The van der Waals surface area contributed by atoms with Crippen LogP contribution in [0.5, 0.6) is 0 Å². The highest BCUT2D eigenvalue weighted by molar-refractivity contribution is 9.10. The zero-order chi connectivity index (χ0) is 17.5. The fourth-order valence-corrected chi connectivity index (χ4v) is 4.12. The molecule has 0 saturated carbocycles. The lowest BCUT2D eigenvalue weighted by Gasteiger charge is -2.40. The van der Waals surface area contributed by atoms with Gasteiger partial charge in [0.15, 0.2) is 0 Å². The number of carbonyl (C=O) groups excluding carboxylic acids is 1. The molecule has 0 aromatic heterocycles. The van der Waals surface area contributed by atoms with Gasteiger partial charge in [0.1, 0.15) is 5.60 Å². The average Bonchev–Trinajstić information content (AvgIpc) is 2.73. The Labute approximate surface area is 153 Å². The summed E-state index contributed by atoms with van der Waals surface area (Å²) in [6.45, 7) is 7.88. The van der Waals surface area contributed by atoms with E-state index in [1.807, 2.05) is 25.7 Å². The van der Waals surface area contributed by atoms with E-state index in [1.165, 1.54) is 5.56 Å². The molecule has 0 spiro atoms. The van der Waals surface area contributed by atoms with Gasteiger partial charge in [-0.15, -0.1) is 0 Å². The highest BCUT2D eigenvalue weighted by atomic mass is 79.9. The monoisotopic (exact) mass is 394 g/mol. The van der Waals surface area contributed by atoms with Gasteiger partial charge < -0.3 is 15.0 Å². The normalized spacial score (nSPS) is 26.4. The van der Waals surface area contributed by atoms with Crippen LogP contribution in [0.25, 0.3) is 0 Å². The summed E-state index contributed by atoms with van der Waals surface area (Å²) in [4.78, 5) is 14.5. The van der Waals surface area contributed by atoms with Crippen molar-refractivity contribution in [3.05, 3.63) is 28.2 Å². The molecule has 1 amide bonds. The molecule has 1 aromatic rings. The van der Waals surface area contributed by atoms with Gasteiger partial charge in [0.25, 0.3) is 0 Å². The lowest BCUT2D eigenvalue weighted by Crippen LogP contribution is -2.51. The van der Waals surface area contributed by atoms with Crippen LogP contribution in [0.2, 0.25) is 0 Å². The van der Waals surface area contributed by atoms with Crippen molar-refractivity contribution in [3.8, 4) is 0 Å². The third kappa shape index (κ3) is 3.88. The Bertz CT molecular complexity index is 612. The van der Waals surface area contributed by atoms with Crippen LogP contribution in [0.3, 0.4) is 0 Å². The fraction of sp³-hybridized carbons (Fsp3) is 0.632. The minimum Gasteiger partial charge on any atom is -0.444 e. The average molecular weight is 395 g/mol. The van der Waals surface area contributed by atoms with Gasteiger partial charge in [0.05, 0.1) is 0 Å². The quantitative estimate of drug-likeness (QED) is 0.758. The summed E-state index contributed by atoms with van der Waals surface area (Å²) in [6, 6.07) is 7.38. The van der Waals surface area contributed by atoms with Crippen molar-refractivity contribution < 1.29 is 9.53 Å². The zero-order valence-corrected chi connectivity index (χ0v) is 16.5. The second-order valence-corrected chi connectivity index (χ2v) is 8.90. The summed E-state index contributed by atoms with van der Waals surface area (Å²) in [5, 5.41) is 3.66. The minimum absolute atomic E-state index is 0.145. The summed E-state index contributed by atoms with van der Waals surface area (Å²) in [6.07, 6.45) is 4.01. The van der Waals surface area contributed by atoms with Gasteiger partial charge in [-0.25, -0.2) is 4.79 Å². The van der Waals surface area contributed by atoms with Gasteiger partial charge in [-0.3, -0.25) is 0 Å². The number of hydrogen-bond donors (Lipinski definition) is 1. The fourth-order valence-electron chi connectivity index (χ4n) is 3.88. The number of rotatable bonds is 2. The summed E-state index contributed by atoms with van der Waals surface area (Å²) in [7, 11) is 0. The maximum atomic E-state index is 12.5. The predicted octanol–water partition coefficient (Wildman–Crippen LogP) is 5.10. The Hall–Kier alpha value is -1.23. The first kappa shape index (κ1) is 17.6. The standard InChI is InChI=1S/C19H27BrN2O2/c1-12-9-13(5-8-17(12)20)21-14-10-15-6-7-16(11-14)22(15)18(23)24-19(2,3)4/h5,8-9,14-16,21H,6-7,10-11H2,1-4H3. The van der Waals surface area contributed by atoms with Gasteiger partial charge in [0, 0.05) is 28.3 Å². The first-order chi connectivity index (χ1) is 11.2. The number of hydrogen-bond acceptors (Lipinski definition) is 3. The number of ether oxygens (including phenoxy) is 1. The molecule has 2 heterocycles. The number of halogens is 1. The molecule has 2 fully saturated rings. The van der Waals surface area contributed by atoms with Gasteiger partial charge in [-0.2, -0.15) is 0 Å². The first-order valence-electron chi connectivity index (χ1n) is 8.77. The third-order valence-corrected chi connectivity index (χ3v) is 5.76. The van der Waals surface area contributed by atoms with E-state index in [2.05, 4.69) is 46.4 Å². The maximum absolute atomic E-state index is 12.5. The van der Waals surface area contributed by atoms with Crippen molar-refractivity contribution in [2.75, 3.05) is 5.32 Å². The predicted molar refractivity (Wildman–Crippen MR) is 100 cm³/mol. The van der Waals surface area contributed by atoms with E-state index in [4.69, 9.17) is 4.74 Å². The van der Waals surface area contributed by atoms with Crippen LogP contribution in [-0.4, -0.2) is 34.7 Å². The second-order valence-electron chi connectivity index (χ2n) is 8.05. The van der Waals surface area contributed by atoms with Gasteiger partial charge in [0.2, 0.25) is 0 Å². The number of carbonyl (C=O) groups is 1. The van der Waals surface area contributed by atoms with Crippen molar-refractivity contribution in [1.29, 1.82) is 0 Å². The van der Waals surface area contributed by atoms with Gasteiger partial charge in [-0.1, -0.05) is 15.9 Å². The zero-order valence-electron chi connectivity index (χ0n) is 14.9. The van der Waals surface area contributed by atoms with Gasteiger partial charge in [-0.05, 0) is 77.1 Å². The molecule has 2 atom stereocenters. The highest BCUT2D eigenvalue weighted by Crippen LogP contribution is 2.38. The maximum Gasteiger partial charge on any atom is 0.410 e. The number of nitrogens with one attached hydrogen (secondary N) is 1. The Morgan fingerprint density at radius 3 is 2.42 bits per heavy atom. The van der Waals surface area contributed by atoms with Crippen molar-refractivity contribution >= 4 is 27.7 Å². The Morgan fingerprint density at radius 1 is 1.25 bits per heavy atom. The van der Waals surface area contributed by atoms with Crippen LogP contribution in [-0.2, 0) is 4.74 Å². The number of aryl methyl sites for hydroxylation is 1. The van der Waals surface area contributed by atoms with Crippen LogP contribution in [0.1, 0.15) is 52.0 Å². The summed E-state index contributed by atoms with van der Waals surface area (Å²) in [5.41, 5.74) is 1.96. The van der Waals surface area contributed by atoms with Crippen LogP contribution in [0, 0.1) is 6.92 Å². The van der Waals surface area contributed by atoms with E-state index in [9.17, 15) is 4.79 Å². The summed E-state index contributed by atoms with van der Waals surface area (Å²) >= 11 is 3.55. The van der Waals surface area contributed by atoms with Crippen molar-refractivity contribution in [2.45, 2.75) is 77.1 Å². The number of benzene rings is 1. The third-order valence-electron chi connectivity index (χ3n) is 4.87. The molecule has 2 bridgehead atoms. The molecule has 1 aromatic carbocycles. The van der Waals surface area contributed by atoms with Crippen molar-refractivity contribution in [1.82, 2.24) is 4.90 Å². The molecule has 4 nitrogen and oxygen atoms in total. The van der Waals surface area contributed by atoms with Crippen LogP contribution < -0.4 is 5.32 Å². The van der Waals surface area contributed by atoms with E-state index < -0.39 is 5.60 Å². The smallest absolute Gasteiger partial charge is 0.410 e. The Balaban J connectivity index is 1.64. The highest BCUT2D eigenvalue weighted by Gasteiger charge is 2.44. The van der Waals surface area contributed by atoms with E-state index in [1.54, 1.807) is 0 Å². The molecule has 132 valence electrons. The lowest BCUT2D eigenvalue weighted by molar-refractivity contribution is 0.00684. The number of nitrogens with zero attached hydrogens (tertiary/aromatic N) is 1. The van der Waals surface area contributed by atoms with Crippen LogP contribution >= 0.6 is 15.9 Å². The molecule has 2 aliphatic rings. The van der Waals surface area contributed by atoms with E-state index in [0.717, 1.165) is 35.8 Å². The number of fused-ring (bicyclic) bond motifs is 2. The largest absolute Gasteiger partial charge is 0.444 e. The molecule has 2 saturated heterocycles. The lowest BCUT2D eigenvalue weighted by atomic mass is 9.97. The minimum atomic E-state index is -0.430. The molecule has 0 radical (unpaired) electrons. The van der Waals surface area contributed by atoms with Crippen molar-refractivity contribution in [2.24, 2.45) is 0 Å². The van der Waals surface area contributed by atoms with E-state index in [-0.39, 0.29) is 6.09 Å². The van der Waals surface area contributed by atoms with Gasteiger partial charge >= 0.3 is 6.09 Å². The molecule has 5 heteroatoms. The Morgan fingerprint density at radius 2 is 1.88 bits per heavy atom. The topological polar surface area (TPSA) is 41.6 Å². The number of piperidine rings is 1. The van der Waals surface area contributed by atoms with Crippen molar-refractivity contribution in [3.63, 3.8) is 0 Å². The molecule has 24 heavy (non-hydrogen) atoms. The second kappa shape index (κ2) is 6.58.